The average molecular weight is 467 g/mol. The molecular formula is C18H11F6NO5S. The summed E-state index contributed by atoms with van der Waals surface area (Å²) in [6.45, 7) is 1.42. The monoisotopic (exact) mass is 467 g/mol. The highest BCUT2D eigenvalue weighted by molar-refractivity contribution is 7.16. The van der Waals surface area contributed by atoms with Crippen molar-refractivity contribution >= 4 is 28.8 Å². The predicted octanol–water partition coefficient (Wildman–Crippen LogP) is 5.11. The van der Waals surface area contributed by atoms with Crippen molar-refractivity contribution in [2.75, 3.05) is 0 Å². The van der Waals surface area contributed by atoms with Gasteiger partial charge in [-0.25, -0.2) is 4.39 Å². The predicted molar refractivity (Wildman–Crippen MR) is 95.1 cm³/mol. The summed E-state index contributed by atoms with van der Waals surface area (Å²) in [7, 11) is 0. The normalized spacial score (nSPS) is 17.2. The van der Waals surface area contributed by atoms with E-state index in [1.807, 2.05) is 0 Å². The van der Waals surface area contributed by atoms with Crippen LogP contribution in [0.15, 0.2) is 51.1 Å². The Morgan fingerprint density at radius 2 is 1.87 bits per heavy atom. The first-order valence-corrected chi connectivity index (χ1v) is 9.14. The van der Waals surface area contributed by atoms with Crippen molar-refractivity contribution < 1.29 is 50.9 Å². The van der Waals surface area contributed by atoms with Gasteiger partial charge in [0.25, 0.3) is 0 Å². The summed E-state index contributed by atoms with van der Waals surface area (Å²) in [5.74, 6) is -4.67. The Labute approximate surface area is 173 Å². The van der Waals surface area contributed by atoms with Crippen molar-refractivity contribution in [1.29, 1.82) is 0 Å². The molecule has 0 saturated heterocycles. The summed E-state index contributed by atoms with van der Waals surface area (Å²) >= 11 is 0.152. The second-order valence-electron chi connectivity index (χ2n) is 6.45. The molecule has 1 aliphatic heterocycles. The number of allylic oxidation sites excluding steroid dienone is 4. The molecule has 166 valence electrons. The van der Waals surface area contributed by atoms with Crippen LogP contribution in [0.25, 0.3) is 0 Å². The third-order valence-electron chi connectivity index (χ3n) is 4.35. The molecule has 0 unspecified atom stereocenters. The van der Waals surface area contributed by atoms with Gasteiger partial charge in [-0.1, -0.05) is 11.3 Å². The molecule has 1 aromatic heterocycles. The maximum absolute atomic E-state index is 14.8. The van der Waals surface area contributed by atoms with Gasteiger partial charge < -0.3 is 14.9 Å². The summed E-state index contributed by atoms with van der Waals surface area (Å²) < 4.78 is 81.2. The van der Waals surface area contributed by atoms with Crippen molar-refractivity contribution in [3.8, 4) is 5.06 Å². The van der Waals surface area contributed by atoms with E-state index in [1.165, 1.54) is 6.92 Å². The number of ether oxygens (including phenoxy) is 1. The minimum absolute atomic E-state index is 0.0102. The number of halogens is 6. The first kappa shape index (κ1) is 22.6. The van der Waals surface area contributed by atoms with Crippen LogP contribution in [0, 0.1) is 0 Å². The van der Waals surface area contributed by atoms with Crippen LogP contribution < -0.4 is 4.74 Å². The third-order valence-corrected chi connectivity index (χ3v) is 5.32. The fraction of sp³-hybridized carbons (Fsp3) is 0.278. The summed E-state index contributed by atoms with van der Waals surface area (Å²) in [4.78, 5) is 27.3. The van der Waals surface area contributed by atoms with Crippen LogP contribution in [0.4, 0.5) is 26.3 Å². The van der Waals surface area contributed by atoms with Gasteiger partial charge in [0.1, 0.15) is 0 Å². The third kappa shape index (κ3) is 4.09. The molecule has 2 N–H and O–H groups in total. The highest BCUT2D eigenvalue weighted by Gasteiger charge is 2.61. The number of fused-ring (bicyclic) bond motifs is 1. The number of thiophene rings is 1. The maximum Gasteiger partial charge on any atom is 0.499 e. The minimum Gasteiger partial charge on any atom is -0.505 e. The summed E-state index contributed by atoms with van der Waals surface area (Å²) in [5, 5.41) is 18.2. The van der Waals surface area contributed by atoms with E-state index in [0.717, 1.165) is 6.07 Å². The molecule has 2 heterocycles. The SMILES string of the molecule is CC1=C(CC(=O)O)C2=C(F)C(O)=C(C(=O)c3ccc(OC(F)(F)C(F)(F)F)s3)CC2=N1. The van der Waals surface area contributed by atoms with Crippen molar-refractivity contribution in [3.05, 3.63) is 51.0 Å². The lowest BCUT2D eigenvalue weighted by molar-refractivity contribution is -0.359. The van der Waals surface area contributed by atoms with Crippen molar-refractivity contribution in [2.24, 2.45) is 4.99 Å². The lowest BCUT2D eigenvalue weighted by atomic mass is 9.87. The molecule has 0 aromatic carbocycles. The van der Waals surface area contributed by atoms with Gasteiger partial charge in [0, 0.05) is 17.7 Å². The van der Waals surface area contributed by atoms with E-state index in [-0.39, 0.29) is 38.8 Å². The fourth-order valence-electron chi connectivity index (χ4n) is 2.96. The van der Waals surface area contributed by atoms with Crippen molar-refractivity contribution in [2.45, 2.75) is 32.1 Å². The zero-order valence-electron chi connectivity index (χ0n) is 15.3. The van der Waals surface area contributed by atoms with Gasteiger partial charge in [-0.2, -0.15) is 22.0 Å². The van der Waals surface area contributed by atoms with E-state index in [0.29, 0.717) is 6.07 Å². The second-order valence-corrected chi connectivity index (χ2v) is 7.50. The zero-order chi connectivity index (χ0) is 23.3. The standard InChI is InChI=1S/C18H11F6NO5S/c1-6-7(5-11(26)27)13-9(25-6)4-8(16(29)14(13)19)15(28)10-2-3-12(31-10)30-18(23,24)17(20,21)22/h2-3,29H,4-5H2,1H3,(H,26,27). The number of alkyl halides is 5. The molecule has 0 bridgehead atoms. The summed E-state index contributed by atoms with van der Waals surface area (Å²) in [5.41, 5.74) is -0.553. The Bertz CT molecular complexity index is 1110. The molecule has 0 amide bonds. The molecule has 0 saturated carbocycles. The molecule has 31 heavy (non-hydrogen) atoms. The molecule has 0 atom stereocenters. The fourth-order valence-corrected chi connectivity index (χ4v) is 3.81. The number of aliphatic hydroxyl groups is 1. The summed E-state index contributed by atoms with van der Waals surface area (Å²) in [6, 6.07) is 1.60. The molecule has 3 rings (SSSR count). The van der Waals surface area contributed by atoms with Gasteiger partial charge in [0.2, 0.25) is 5.78 Å². The minimum atomic E-state index is -5.98. The van der Waals surface area contributed by atoms with Crippen LogP contribution in [-0.2, 0) is 4.79 Å². The number of aliphatic hydroxyl groups excluding tert-OH is 1. The number of Topliss-reactive ketones (excluding diaryl/α,β-unsaturated/α-hetero) is 1. The molecular weight excluding hydrogens is 456 g/mol. The molecule has 2 aliphatic rings. The van der Waals surface area contributed by atoms with E-state index in [1.54, 1.807) is 0 Å². The molecule has 0 spiro atoms. The van der Waals surface area contributed by atoms with Crippen LogP contribution >= 0.6 is 11.3 Å². The van der Waals surface area contributed by atoms with Crippen LogP contribution in [0.1, 0.15) is 29.4 Å². The van der Waals surface area contributed by atoms with Gasteiger partial charge in [-0.3, -0.25) is 14.6 Å². The second kappa shape index (κ2) is 7.55. The number of carboxylic acid groups (broad SMARTS) is 1. The quantitative estimate of drug-likeness (QED) is 0.448. The Hall–Kier alpha value is -3.09. The van der Waals surface area contributed by atoms with E-state index < -0.39 is 59.1 Å². The van der Waals surface area contributed by atoms with E-state index >= 15 is 0 Å². The van der Waals surface area contributed by atoms with E-state index in [4.69, 9.17) is 5.11 Å². The molecule has 0 radical (unpaired) electrons. The number of rotatable bonds is 6. The molecule has 0 fully saturated rings. The topological polar surface area (TPSA) is 96.2 Å². The highest BCUT2D eigenvalue weighted by Crippen LogP contribution is 2.42. The first-order chi connectivity index (χ1) is 14.2. The lowest BCUT2D eigenvalue weighted by Crippen LogP contribution is -2.41. The van der Waals surface area contributed by atoms with Crippen LogP contribution in [0.5, 0.6) is 5.06 Å². The number of aliphatic imine (C=N–C) groups is 1. The van der Waals surface area contributed by atoms with Gasteiger partial charge >= 0.3 is 18.3 Å². The van der Waals surface area contributed by atoms with E-state index in [9.17, 15) is 41.0 Å². The highest BCUT2D eigenvalue weighted by atomic mass is 32.1. The number of ketones is 1. The molecule has 13 heteroatoms. The zero-order valence-corrected chi connectivity index (χ0v) is 16.1. The molecule has 1 aliphatic carbocycles. The smallest absolute Gasteiger partial charge is 0.499 e. The average Bonchev–Trinajstić information content (AvgIpc) is 3.21. The molecule has 6 nitrogen and oxygen atoms in total. The number of carbonyl (C=O) groups excluding carboxylic acids is 1. The number of aliphatic carboxylic acids is 1. The van der Waals surface area contributed by atoms with Gasteiger partial charge in [-0.15, -0.1) is 0 Å². The number of hydrogen-bond acceptors (Lipinski definition) is 6. The Morgan fingerprint density at radius 1 is 1.23 bits per heavy atom. The van der Waals surface area contributed by atoms with E-state index in [2.05, 4.69) is 9.73 Å². The van der Waals surface area contributed by atoms with Crippen LogP contribution in [0.3, 0.4) is 0 Å². The van der Waals surface area contributed by atoms with Gasteiger partial charge in [0.05, 0.1) is 22.6 Å². The number of nitrogens with zero attached hydrogens (tertiary/aromatic N) is 1. The number of carbonyl (C=O) groups is 2. The number of carboxylic acids is 1. The largest absolute Gasteiger partial charge is 0.505 e. The molecule has 1 aromatic rings. The summed E-state index contributed by atoms with van der Waals surface area (Å²) in [6.07, 6.45) is -12.4. The van der Waals surface area contributed by atoms with Gasteiger partial charge in [-0.05, 0) is 24.6 Å². The van der Waals surface area contributed by atoms with Crippen molar-refractivity contribution in [3.63, 3.8) is 0 Å². The van der Waals surface area contributed by atoms with Gasteiger partial charge in [0.15, 0.2) is 16.6 Å². The lowest BCUT2D eigenvalue weighted by Gasteiger charge is -2.19. The Balaban J connectivity index is 1.90. The maximum atomic E-state index is 14.8. The number of hydrogen-bond donors (Lipinski definition) is 2. The van der Waals surface area contributed by atoms with Crippen molar-refractivity contribution in [1.82, 2.24) is 0 Å². The Kier molecular flexibility index (Phi) is 5.50. The van der Waals surface area contributed by atoms with Crippen LogP contribution in [0.2, 0.25) is 0 Å². The Morgan fingerprint density at radius 3 is 2.45 bits per heavy atom. The van der Waals surface area contributed by atoms with Crippen LogP contribution in [-0.4, -0.2) is 40.0 Å². The first-order valence-electron chi connectivity index (χ1n) is 8.33.